The molecule has 80 valence electrons. The maximum Gasteiger partial charge on any atom is 0.322 e. The van der Waals surface area contributed by atoms with Crippen LogP contribution in [0.1, 0.15) is 0 Å². The molecule has 0 saturated carbocycles. The molecule has 1 aromatic rings. The molecule has 0 aliphatic heterocycles. The summed E-state index contributed by atoms with van der Waals surface area (Å²) >= 11 is 0. The zero-order valence-electron chi connectivity index (χ0n) is 6.92. The van der Waals surface area contributed by atoms with Gasteiger partial charge in [0.05, 0.1) is 9.85 Å². The molecule has 0 aromatic heterocycles. The number of phenolic OH excluding ortho intramolecular Hbond substituents is 1. The summed E-state index contributed by atoms with van der Waals surface area (Å²) in [6.07, 6.45) is 0. The van der Waals surface area contributed by atoms with Gasteiger partial charge in [0.25, 0.3) is 5.75 Å². The van der Waals surface area contributed by atoms with Crippen molar-refractivity contribution in [2.45, 2.75) is 0 Å². The lowest BCUT2D eigenvalue weighted by Gasteiger charge is -1.99. The minimum atomic E-state index is -1.07. The molecule has 1 N–H and O–H groups in total. The molecule has 0 radical (unpaired) electrons. The second-order valence-electron chi connectivity index (χ2n) is 2.40. The third kappa shape index (κ3) is 1.90. The summed E-state index contributed by atoms with van der Waals surface area (Å²) in [5.41, 5.74) is -1.84. The van der Waals surface area contributed by atoms with Crippen LogP contribution in [0.25, 0.3) is 0 Å². The second kappa shape index (κ2) is 3.74. The highest BCUT2D eigenvalue weighted by Gasteiger charge is 2.26. The standard InChI is InChI=1S/C6H3FN2O6/c7-15-6-2-5(10)3(8(11)12)1-4(6)9(13)14/h1-2,10H. The number of hydrogen-bond donors (Lipinski definition) is 1. The third-order valence-corrected chi connectivity index (χ3v) is 1.53. The topological polar surface area (TPSA) is 116 Å². The van der Waals surface area contributed by atoms with Crippen LogP contribution >= 0.6 is 0 Å². The van der Waals surface area contributed by atoms with Crippen LogP contribution in [0.15, 0.2) is 12.1 Å². The monoisotopic (exact) mass is 218 g/mol. The zero-order valence-corrected chi connectivity index (χ0v) is 6.92. The number of nitrogens with zero attached hydrogens (tertiary/aromatic N) is 2. The Bertz CT molecular complexity index is 434. The number of nitro groups is 2. The van der Waals surface area contributed by atoms with Crippen molar-refractivity contribution in [1.29, 1.82) is 0 Å². The van der Waals surface area contributed by atoms with Crippen molar-refractivity contribution >= 4 is 11.4 Å². The van der Waals surface area contributed by atoms with E-state index in [1.807, 2.05) is 0 Å². The van der Waals surface area contributed by atoms with E-state index in [4.69, 9.17) is 5.11 Å². The van der Waals surface area contributed by atoms with Crippen LogP contribution in [0, 0.1) is 20.2 Å². The number of phenols is 1. The number of hydrogen-bond acceptors (Lipinski definition) is 6. The second-order valence-corrected chi connectivity index (χ2v) is 2.40. The predicted molar refractivity (Wildman–Crippen MR) is 43.2 cm³/mol. The summed E-state index contributed by atoms with van der Waals surface area (Å²) in [5.74, 6) is -1.82. The van der Waals surface area contributed by atoms with Crippen LogP contribution in [-0.4, -0.2) is 15.0 Å². The van der Waals surface area contributed by atoms with E-state index in [-0.39, 0.29) is 0 Å². The van der Waals surface area contributed by atoms with Gasteiger partial charge in [0.15, 0.2) is 5.75 Å². The number of benzene rings is 1. The van der Waals surface area contributed by atoms with E-state index >= 15 is 0 Å². The first-order valence-electron chi connectivity index (χ1n) is 3.41. The van der Waals surface area contributed by atoms with Crippen LogP contribution in [0.4, 0.5) is 15.9 Å². The maximum atomic E-state index is 11.8. The molecule has 0 spiro atoms. The van der Waals surface area contributed by atoms with Crippen molar-refractivity contribution < 1.29 is 24.4 Å². The first-order valence-corrected chi connectivity index (χ1v) is 3.41. The van der Waals surface area contributed by atoms with Gasteiger partial charge in [-0.3, -0.25) is 25.2 Å². The summed E-state index contributed by atoms with van der Waals surface area (Å²) in [6, 6.07) is 0.862. The van der Waals surface area contributed by atoms with Gasteiger partial charge in [-0.05, 0) is 0 Å². The van der Waals surface area contributed by atoms with Crippen molar-refractivity contribution in [3.8, 4) is 11.5 Å². The third-order valence-electron chi connectivity index (χ3n) is 1.53. The first-order chi connectivity index (χ1) is 6.97. The van der Waals surface area contributed by atoms with Crippen LogP contribution < -0.4 is 4.94 Å². The molecule has 0 aliphatic carbocycles. The lowest BCUT2D eigenvalue weighted by atomic mass is 10.2. The molecule has 0 bridgehead atoms. The number of halogens is 1. The lowest BCUT2D eigenvalue weighted by Crippen LogP contribution is -1.95. The highest BCUT2D eigenvalue weighted by Crippen LogP contribution is 2.38. The molecule has 0 unspecified atom stereocenters. The smallest absolute Gasteiger partial charge is 0.322 e. The summed E-state index contributed by atoms with van der Waals surface area (Å²) < 4.78 is 11.8. The van der Waals surface area contributed by atoms with Gasteiger partial charge in [-0.2, -0.15) is 0 Å². The molecule has 1 rings (SSSR count). The van der Waals surface area contributed by atoms with Crippen LogP contribution in [0.3, 0.4) is 0 Å². The van der Waals surface area contributed by atoms with E-state index in [1.165, 1.54) is 0 Å². The van der Waals surface area contributed by atoms with Gasteiger partial charge in [0.1, 0.15) is 6.07 Å². The van der Waals surface area contributed by atoms with Gasteiger partial charge in [-0.25, -0.2) is 0 Å². The maximum absolute atomic E-state index is 11.8. The van der Waals surface area contributed by atoms with Crippen molar-refractivity contribution in [1.82, 2.24) is 0 Å². The molecular weight excluding hydrogens is 215 g/mol. The quantitative estimate of drug-likeness (QED) is 0.606. The Balaban J connectivity index is 3.43. The summed E-state index contributed by atoms with van der Waals surface area (Å²) in [4.78, 5) is 21.6. The predicted octanol–water partition coefficient (Wildman–Crippen LogP) is 1.47. The Morgan fingerprint density at radius 2 is 1.73 bits per heavy atom. The largest absolute Gasteiger partial charge is 0.502 e. The normalized spacial score (nSPS) is 9.67. The van der Waals surface area contributed by atoms with E-state index in [1.54, 1.807) is 0 Å². The van der Waals surface area contributed by atoms with E-state index in [2.05, 4.69) is 4.94 Å². The molecule has 0 heterocycles. The summed E-state index contributed by atoms with van der Waals surface area (Å²) in [5, 5.41) is 29.6. The van der Waals surface area contributed by atoms with Gasteiger partial charge >= 0.3 is 11.4 Å². The molecule has 15 heavy (non-hydrogen) atoms. The van der Waals surface area contributed by atoms with E-state index < -0.39 is 32.7 Å². The molecule has 8 nitrogen and oxygen atoms in total. The fourth-order valence-electron chi connectivity index (χ4n) is 0.897. The Morgan fingerprint density at radius 1 is 1.20 bits per heavy atom. The molecule has 0 atom stereocenters. The van der Waals surface area contributed by atoms with Crippen LogP contribution in [0.2, 0.25) is 0 Å². The molecule has 0 fully saturated rings. The summed E-state index contributed by atoms with van der Waals surface area (Å²) in [7, 11) is 0. The van der Waals surface area contributed by atoms with Crippen molar-refractivity contribution in [2.24, 2.45) is 0 Å². The van der Waals surface area contributed by atoms with Crippen molar-refractivity contribution in [3.05, 3.63) is 32.4 Å². The minimum absolute atomic E-state index is 0.407. The fourth-order valence-corrected chi connectivity index (χ4v) is 0.897. The SMILES string of the molecule is O=[N+]([O-])c1cc([N+](=O)[O-])c(OF)cc1O. The van der Waals surface area contributed by atoms with E-state index in [0.29, 0.717) is 12.1 Å². The Kier molecular flexibility index (Phi) is 2.65. The van der Waals surface area contributed by atoms with Gasteiger partial charge in [-0.1, -0.05) is 0 Å². The molecule has 9 heteroatoms. The lowest BCUT2D eigenvalue weighted by molar-refractivity contribution is -0.395. The van der Waals surface area contributed by atoms with E-state index in [9.17, 15) is 24.8 Å². The molecular formula is C6H3FN2O6. The average molecular weight is 218 g/mol. The Labute approximate surface area is 80.7 Å². The Morgan fingerprint density at radius 3 is 2.13 bits per heavy atom. The number of aromatic hydroxyl groups is 1. The summed E-state index contributed by atoms with van der Waals surface area (Å²) in [6.45, 7) is 0. The van der Waals surface area contributed by atoms with Gasteiger partial charge in [0.2, 0.25) is 0 Å². The minimum Gasteiger partial charge on any atom is -0.502 e. The van der Waals surface area contributed by atoms with Crippen LogP contribution in [-0.2, 0) is 0 Å². The van der Waals surface area contributed by atoms with Gasteiger partial charge in [-0.15, -0.1) is 0 Å². The number of nitro benzene ring substituents is 2. The molecule has 0 saturated heterocycles. The van der Waals surface area contributed by atoms with Crippen LogP contribution in [0.5, 0.6) is 11.5 Å². The Hall–Kier alpha value is -2.45. The zero-order chi connectivity index (χ0) is 11.6. The highest BCUT2D eigenvalue weighted by molar-refractivity contribution is 5.60. The van der Waals surface area contributed by atoms with Crippen molar-refractivity contribution in [3.63, 3.8) is 0 Å². The van der Waals surface area contributed by atoms with Gasteiger partial charge in [0, 0.05) is 10.6 Å². The number of rotatable bonds is 3. The van der Waals surface area contributed by atoms with E-state index in [0.717, 1.165) is 0 Å². The molecule has 0 aliphatic rings. The molecule has 0 amide bonds. The average Bonchev–Trinajstić information content (AvgIpc) is 2.16. The fraction of sp³-hybridized carbons (Fsp3) is 0. The molecule has 1 aromatic carbocycles. The van der Waals surface area contributed by atoms with Crippen molar-refractivity contribution in [2.75, 3.05) is 0 Å². The van der Waals surface area contributed by atoms with Gasteiger partial charge < -0.3 is 5.11 Å². The first kappa shape index (κ1) is 10.6. The highest BCUT2D eigenvalue weighted by atomic mass is 19.3.